The van der Waals surface area contributed by atoms with Gasteiger partial charge >= 0.3 is 6.18 Å². The maximum Gasteiger partial charge on any atom is 0.403 e. The minimum atomic E-state index is -4.19. The van der Waals surface area contributed by atoms with E-state index >= 15 is 0 Å². The number of carbonyl (C=O) groups is 1. The van der Waals surface area contributed by atoms with E-state index in [2.05, 4.69) is 5.32 Å². The zero-order chi connectivity index (χ0) is 14.8. The lowest BCUT2D eigenvalue weighted by Crippen LogP contribution is -2.56. The van der Waals surface area contributed by atoms with Gasteiger partial charge in [0.05, 0.1) is 5.92 Å². The monoisotopic (exact) mass is 293 g/mol. The zero-order valence-corrected chi connectivity index (χ0v) is 11.7. The summed E-state index contributed by atoms with van der Waals surface area (Å²) in [5, 5.41) is 3.20. The molecule has 4 nitrogen and oxygen atoms in total. The number of piperazine rings is 1. The average Bonchev–Trinajstić information content (AvgIpc) is 2.46. The molecular formula is C13H22F3N3O. The van der Waals surface area contributed by atoms with E-state index in [0.29, 0.717) is 32.7 Å². The molecule has 2 saturated heterocycles. The summed E-state index contributed by atoms with van der Waals surface area (Å²) in [6, 6.07) is -1.43. The second-order valence-corrected chi connectivity index (χ2v) is 5.62. The van der Waals surface area contributed by atoms with Crippen LogP contribution < -0.4 is 5.32 Å². The largest absolute Gasteiger partial charge is 0.403 e. The van der Waals surface area contributed by atoms with Gasteiger partial charge in [-0.25, -0.2) is 0 Å². The Morgan fingerprint density at radius 1 is 1.25 bits per heavy atom. The average molecular weight is 293 g/mol. The van der Waals surface area contributed by atoms with E-state index in [9.17, 15) is 18.0 Å². The molecule has 2 heterocycles. The first-order chi connectivity index (χ1) is 9.39. The van der Waals surface area contributed by atoms with Gasteiger partial charge in [0.1, 0.15) is 6.04 Å². The molecule has 1 N–H and O–H groups in total. The van der Waals surface area contributed by atoms with Crippen LogP contribution in [0.1, 0.15) is 19.8 Å². The molecular weight excluding hydrogens is 271 g/mol. The second-order valence-electron chi connectivity index (χ2n) is 5.62. The van der Waals surface area contributed by atoms with Crippen molar-refractivity contribution in [2.75, 3.05) is 39.3 Å². The fourth-order valence-electron chi connectivity index (χ4n) is 2.86. The first kappa shape index (κ1) is 15.6. The van der Waals surface area contributed by atoms with Gasteiger partial charge in [-0.1, -0.05) is 0 Å². The van der Waals surface area contributed by atoms with Gasteiger partial charge in [-0.2, -0.15) is 13.2 Å². The molecule has 2 aliphatic rings. The van der Waals surface area contributed by atoms with E-state index in [1.807, 2.05) is 0 Å². The van der Waals surface area contributed by atoms with Crippen molar-refractivity contribution >= 4 is 5.91 Å². The summed E-state index contributed by atoms with van der Waals surface area (Å²) >= 11 is 0. The number of nitrogens with one attached hydrogen (secondary N) is 1. The number of alkyl halides is 3. The molecule has 7 heteroatoms. The molecule has 0 spiro atoms. The molecule has 0 saturated carbocycles. The summed E-state index contributed by atoms with van der Waals surface area (Å²) in [5.41, 5.74) is 0. The van der Waals surface area contributed by atoms with Crippen molar-refractivity contribution in [3.05, 3.63) is 0 Å². The number of piperidine rings is 1. The van der Waals surface area contributed by atoms with E-state index in [-0.39, 0.29) is 11.8 Å². The molecule has 0 aromatic carbocycles. The first-order valence-electron chi connectivity index (χ1n) is 7.20. The maximum atomic E-state index is 12.6. The van der Waals surface area contributed by atoms with E-state index in [1.54, 1.807) is 4.90 Å². The van der Waals surface area contributed by atoms with Crippen molar-refractivity contribution in [2.45, 2.75) is 32.0 Å². The van der Waals surface area contributed by atoms with Crippen LogP contribution in [-0.2, 0) is 4.79 Å². The van der Waals surface area contributed by atoms with Gasteiger partial charge in [0.15, 0.2) is 0 Å². The lowest BCUT2D eigenvalue weighted by Gasteiger charge is -2.40. The number of hydrogen-bond donors (Lipinski definition) is 1. The Morgan fingerprint density at radius 2 is 1.90 bits per heavy atom. The summed E-state index contributed by atoms with van der Waals surface area (Å²) in [6.07, 6.45) is -2.33. The van der Waals surface area contributed by atoms with Crippen molar-refractivity contribution in [3.63, 3.8) is 0 Å². The summed E-state index contributed by atoms with van der Waals surface area (Å²) in [6.45, 7) is 4.21. The maximum absolute atomic E-state index is 12.6. The molecule has 0 aromatic rings. The summed E-state index contributed by atoms with van der Waals surface area (Å²) in [4.78, 5) is 15.4. The number of carbonyl (C=O) groups excluding carboxylic acids is 1. The van der Waals surface area contributed by atoms with Crippen molar-refractivity contribution in [3.8, 4) is 0 Å². The molecule has 2 unspecified atom stereocenters. The number of hydrogen-bond acceptors (Lipinski definition) is 3. The summed E-state index contributed by atoms with van der Waals surface area (Å²) in [7, 11) is 0. The molecule has 0 aromatic heterocycles. The Morgan fingerprint density at radius 3 is 2.40 bits per heavy atom. The van der Waals surface area contributed by atoms with Gasteiger partial charge in [0.2, 0.25) is 5.91 Å². The van der Waals surface area contributed by atoms with Gasteiger partial charge in [0, 0.05) is 32.7 Å². The predicted octanol–water partition coefficient (Wildman–Crippen LogP) is 1.08. The molecule has 20 heavy (non-hydrogen) atoms. The summed E-state index contributed by atoms with van der Waals surface area (Å²) in [5.74, 6) is 0.0897. The van der Waals surface area contributed by atoms with Crippen LogP contribution in [0.3, 0.4) is 0 Å². The normalized spacial score (nSPS) is 27.4. The number of amides is 1. The van der Waals surface area contributed by atoms with Crippen LogP contribution in [0.4, 0.5) is 13.2 Å². The van der Waals surface area contributed by atoms with Crippen LogP contribution in [0.5, 0.6) is 0 Å². The lowest BCUT2D eigenvalue weighted by atomic mass is 9.98. The molecule has 2 rings (SSSR count). The molecule has 116 valence electrons. The van der Waals surface area contributed by atoms with Crippen LogP contribution in [0.2, 0.25) is 0 Å². The molecule has 2 aliphatic heterocycles. The van der Waals surface area contributed by atoms with Crippen molar-refractivity contribution in [1.82, 2.24) is 15.1 Å². The van der Waals surface area contributed by atoms with Crippen LogP contribution in [0.15, 0.2) is 0 Å². The summed E-state index contributed by atoms with van der Waals surface area (Å²) < 4.78 is 37.9. The van der Waals surface area contributed by atoms with Gasteiger partial charge < -0.3 is 10.2 Å². The lowest BCUT2D eigenvalue weighted by molar-refractivity contribution is -0.183. The number of rotatable bonds is 2. The highest BCUT2D eigenvalue weighted by atomic mass is 19.4. The van der Waals surface area contributed by atoms with Crippen LogP contribution in [0, 0.1) is 5.92 Å². The van der Waals surface area contributed by atoms with Crippen molar-refractivity contribution in [1.29, 1.82) is 0 Å². The fourth-order valence-corrected chi connectivity index (χ4v) is 2.86. The van der Waals surface area contributed by atoms with E-state index in [0.717, 1.165) is 19.4 Å². The minimum absolute atomic E-state index is 0.00432. The third-order valence-electron chi connectivity index (χ3n) is 4.29. The minimum Gasteiger partial charge on any atom is -0.340 e. The molecule has 2 fully saturated rings. The van der Waals surface area contributed by atoms with Crippen molar-refractivity contribution < 1.29 is 18.0 Å². The first-order valence-corrected chi connectivity index (χ1v) is 7.20. The molecule has 1 amide bonds. The highest BCUT2D eigenvalue weighted by Crippen LogP contribution is 2.25. The topological polar surface area (TPSA) is 35.6 Å². The quantitative estimate of drug-likeness (QED) is 0.827. The highest BCUT2D eigenvalue weighted by Gasteiger charge is 2.41. The van der Waals surface area contributed by atoms with Crippen LogP contribution >= 0.6 is 0 Å². The highest BCUT2D eigenvalue weighted by molar-refractivity contribution is 5.79. The van der Waals surface area contributed by atoms with E-state index in [4.69, 9.17) is 0 Å². The van der Waals surface area contributed by atoms with E-state index in [1.165, 1.54) is 11.8 Å². The Balaban J connectivity index is 1.83. The SMILES string of the molecule is CC(N1CCN(C(=O)C2CCCNC2)CC1)C(F)(F)F. The van der Waals surface area contributed by atoms with Crippen LogP contribution in [-0.4, -0.2) is 67.2 Å². The fraction of sp³-hybridized carbons (Fsp3) is 0.923. The molecule has 0 bridgehead atoms. The van der Waals surface area contributed by atoms with Crippen molar-refractivity contribution in [2.24, 2.45) is 5.92 Å². The van der Waals surface area contributed by atoms with Crippen LogP contribution in [0.25, 0.3) is 0 Å². The molecule has 0 aliphatic carbocycles. The molecule has 0 radical (unpaired) electrons. The van der Waals surface area contributed by atoms with Gasteiger partial charge in [0.25, 0.3) is 0 Å². The third-order valence-corrected chi connectivity index (χ3v) is 4.29. The molecule has 2 atom stereocenters. The Kier molecular flexibility index (Phi) is 4.90. The third kappa shape index (κ3) is 3.63. The Bertz CT molecular complexity index is 334. The van der Waals surface area contributed by atoms with E-state index < -0.39 is 12.2 Å². The zero-order valence-electron chi connectivity index (χ0n) is 11.7. The number of nitrogens with zero attached hydrogens (tertiary/aromatic N) is 2. The standard InChI is InChI=1S/C13H22F3N3O/c1-10(13(14,15)16)18-5-7-19(8-6-18)12(20)11-3-2-4-17-9-11/h10-11,17H,2-9H2,1H3. The van der Waals surface area contributed by atoms with Gasteiger partial charge in [-0.05, 0) is 26.3 Å². The Hall–Kier alpha value is -0.820. The van der Waals surface area contributed by atoms with Gasteiger partial charge in [-0.3, -0.25) is 9.69 Å². The number of halogens is 3. The Labute approximate surface area is 117 Å². The second kappa shape index (κ2) is 6.30. The predicted molar refractivity (Wildman–Crippen MR) is 69.3 cm³/mol. The van der Waals surface area contributed by atoms with Gasteiger partial charge in [-0.15, -0.1) is 0 Å². The smallest absolute Gasteiger partial charge is 0.340 e.